The number of carbonyl (C=O) groups is 3. The van der Waals surface area contributed by atoms with Gasteiger partial charge in [0.1, 0.15) is 17.2 Å². The van der Waals surface area contributed by atoms with Gasteiger partial charge in [0, 0.05) is 44.6 Å². The van der Waals surface area contributed by atoms with E-state index in [0.29, 0.717) is 55.6 Å². The van der Waals surface area contributed by atoms with Crippen LogP contribution in [0.25, 0.3) is 0 Å². The Bertz CT molecular complexity index is 1260. The van der Waals surface area contributed by atoms with E-state index in [4.69, 9.17) is 32.7 Å². The fraction of sp³-hybridized carbons (Fsp3) is 0.516. The zero-order chi connectivity index (χ0) is 29.9. The molecule has 0 radical (unpaired) electrons. The van der Waals surface area contributed by atoms with Gasteiger partial charge in [0.2, 0.25) is 5.91 Å². The lowest BCUT2D eigenvalue weighted by atomic mass is 9.93. The summed E-state index contributed by atoms with van der Waals surface area (Å²) >= 11 is 12.5. The molecule has 11 heteroatoms. The second-order valence-corrected chi connectivity index (χ2v) is 12.3. The predicted molar refractivity (Wildman–Crippen MR) is 162 cm³/mol. The number of hydrogen-bond donors (Lipinski definition) is 0. The van der Waals surface area contributed by atoms with Gasteiger partial charge in [-0.3, -0.25) is 4.79 Å². The number of amides is 3. The largest absolute Gasteiger partial charge is 0.444 e. The number of hydrogen-bond acceptors (Lipinski definition) is 5. The van der Waals surface area contributed by atoms with E-state index in [1.807, 2.05) is 33.8 Å². The van der Waals surface area contributed by atoms with E-state index in [1.165, 1.54) is 24.3 Å². The molecule has 0 aromatic heterocycles. The maximum Gasteiger partial charge on any atom is 0.415 e. The third kappa shape index (κ3) is 8.07. The van der Waals surface area contributed by atoms with Crippen LogP contribution < -0.4 is 4.74 Å². The Hall–Kier alpha value is -3.04. The summed E-state index contributed by atoms with van der Waals surface area (Å²) in [6.07, 6.45) is 0.0957. The minimum Gasteiger partial charge on any atom is -0.444 e. The Morgan fingerprint density at radius 1 is 0.976 bits per heavy atom. The number of ether oxygens (including phenoxy) is 2. The molecule has 2 aliphatic rings. The Morgan fingerprint density at radius 3 is 2.19 bits per heavy atom. The van der Waals surface area contributed by atoms with Gasteiger partial charge in [-0.15, -0.1) is 0 Å². The molecule has 0 N–H and O–H groups in total. The predicted octanol–water partition coefficient (Wildman–Crippen LogP) is 7.23. The van der Waals surface area contributed by atoms with Crippen LogP contribution in [0.3, 0.4) is 0 Å². The molecule has 2 fully saturated rings. The van der Waals surface area contributed by atoms with Crippen molar-refractivity contribution in [3.63, 3.8) is 0 Å². The summed E-state index contributed by atoms with van der Waals surface area (Å²) in [5.41, 5.74) is 0.268. The van der Waals surface area contributed by atoms with Crippen molar-refractivity contribution >= 4 is 41.3 Å². The van der Waals surface area contributed by atoms with Crippen LogP contribution in [0.15, 0.2) is 42.5 Å². The first-order chi connectivity index (χ1) is 19.4. The van der Waals surface area contributed by atoms with Crippen molar-refractivity contribution in [3.8, 4) is 5.75 Å². The molecule has 2 aromatic rings. The van der Waals surface area contributed by atoms with Crippen molar-refractivity contribution in [2.24, 2.45) is 5.92 Å². The minimum atomic E-state index is -0.589. The number of piperidine rings is 1. The first-order valence-corrected chi connectivity index (χ1v) is 14.6. The smallest absolute Gasteiger partial charge is 0.415 e. The second kappa shape index (κ2) is 14.0. The van der Waals surface area contributed by atoms with Crippen LogP contribution in [0.2, 0.25) is 10.0 Å². The van der Waals surface area contributed by atoms with Crippen molar-refractivity contribution in [2.45, 2.75) is 65.5 Å². The number of rotatable bonds is 5. The number of likely N-dealkylation sites (N-methyl/N-ethyl adjacent to an activating group) is 1. The summed E-state index contributed by atoms with van der Waals surface area (Å²) in [5, 5.41) is 0.803. The summed E-state index contributed by atoms with van der Waals surface area (Å²) in [5.74, 6) is -0.703. The molecule has 2 heterocycles. The maximum atomic E-state index is 13.7. The molecule has 0 spiro atoms. The van der Waals surface area contributed by atoms with Crippen LogP contribution in [0.5, 0.6) is 5.75 Å². The molecule has 0 saturated carbocycles. The topological polar surface area (TPSA) is 79.4 Å². The van der Waals surface area contributed by atoms with E-state index < -0.39 is 23.6 Å². The molecule has 2 saturated heterocycles. The van der Waals surface area contributed by atoms with Crippen molar-refractivity contribution in [3.05, 3.63) is 63.9 Å². The van der Waals surface area contributed by atoms with Gasteiger partial charge in [-0.05, 0) is 82.5 Å². The minimum absolute atomic E-state index is 0. The van der Waals surface area contributed by atoms with Gasteiger partial charge >= 0.3 is 12.2 Å². The zero-order valence-corrected chi connectivity index (χ0v) is 25.3. The van der Waals surface area contributed by atoms with Crippen molar-refractivity contribution in [2.75, 3.05) is 32.7 Å². The Balaban J connectivity index is 0.00000484. The highest BCUT2D eigenvalue weighted by atomic mass is 35.5. The van der Waals surface area contributed by atoms with Crippen LogP contribution in [-0.2, 0) is 9.53 Å². The molecule has 0 unspecified atom stereocenters. The van der Waals surface area contributed by atoms with Gasteiger partial charge in [0.25, 0.3) is 0 Å². The van der Waals surface area contributed by atoms with Gasteiger partial charge in [0.05, 0.1) is 16.1 Å². The zero-order valence-electron chi connectivity index (χ0n) is 23.7. The van der Waals surface area contributed by atoms with Gasteiger partial charge in [-0.1, -0.05) is 36.7 Å². The highest BCUT2D eigenvalue weighted by Crippen LogP contribution is 2.36. The Morgan fingerprint density at radius 2 is 1.62 bits per heavy atom. The van der Waals surface area contributed by atoms with Gasteiger partial charge in [-0.2, -0.15) is 0 Å². The average Bonchev–Trinajstić information content (AvgIpc) is 3.35. The molecule has 2 aliphatic heterocycles. The SMILES string of the molecule is C.CCN(C(=O)Oc1ccc(F)cc1)[C@@H]1CN(C(=O)C2CCN(C(=O)OC(C)(C)C)CC2)C[C@H]1c1ccc(Cl)c(Cl)c1. The molecular formula is C31H40Cl2FN3O5. The van der Waals surface area contributed by atoms with Gasteiger partial charge in [0.15, 0.2) is 0 Å². The normalized spacial score (nSPS) is 19.2. The fourth-order valence-corrected chi connectivity index (χ4v) is 5.71. The molecule has 0 bridgehead atoms. The lowest BCUT2D eigenvalue weighted by Crippen LogP contribution is -2.47. The first kappa shape index (κ1) is 33.5. The van der Waals surface area contributed by atoms with Gasteiger partial charge < -0.3 is 24.2 Å². The highest BCUT2D eigenvalue weighted by Gasteiger charge is 2.43. The monoisotopic (exact) mass is 623 g/mol. The second-order valence-electron chi connectivity index (χ2n) is 11.4. The van der Waals surface area contributed by atoms with Crippen LogP contribution >= 0.6 is 23.2 Å². The summed E-state index contributed by atoms with van der Waals surface area (Å²) in [7, 11) is 0. The molecule has 2 aromatic carbocycles. The maximum absolute atomic E-state index is 13.7. The Labute approximate surface area is 257 Å². The summed E-state index contributed by atoms with van der Waals surface area (Å²) in [6.45, 7) is 9.20. The van der Waals surface area contributed by atoms with Crippen LogP contribution in [0, 0.1) is 11.7 Å². The van der Waals surface area contributed by atoms with Crippen molar-refractivity contribution in [1.82, 2.24) is 14.7 Å². The van der Waals surface area contributed by atoms with E-state index in [2.05, 4.69) is 0 Å². The number of nitrogens with zero attached hydrogens (tertiary/aromatic N) is 3. The third-order valence-electron chi connectivity index (χ3n) is 7.46. The molecule has 2 atom stereocenters. The molecule has 8 nitrogen and oxygen atoms in total. The number of benzene rings is 2. The van der Waals surface area contributed by atoms with Crippen molar-refractivity contribution in [1.29, 1.82) is 0 Å². The summed E-state index contributed by atoms with van der Waals surface area (Å²) < 4.78 is 24.4. The molecule has 3 amide bonds. The first-order valence-electron chi connectivity index (χ1n) is 13.8. The van der Waals surface area contributed by atoms with Gasteiger partial charge in [-0.25, -0.2) is 14.0 Å². The third-order valence-corrected chi connectivity index (χ3v) is 8.20. The van der Waals surface area contributed by atoms with E-state index in [9.17, 15) is 18.8 Å². The van der Waals surface area contributed by atoms with E-state index >= 15 is 0 Å². The van der Waals surface area contributed by atoms with Crippen LogP contribution in [0.1, 0.15) is 59.4 Å². The van der Waals surface area contributed by atoms with E-state index in [0.717, 1.165) is 5.56 Å². The van der Waals surface area contributed by atoms with Crippen LogP contribution in [-0.4, -0.2) is 77.2 Å². The number of carbonyl (C=O) groups excluding carboxylic acids is 3. The lowest BCUT2D eigenvalue weighted by Gasteiger charge is -2.34. The molecular weight excluding hydrogens is 584 g/mol. The molecule has 42 heavy (non-hydrogen) atoms. The molecule has 4 rings (SSSR count). The standard InChI is InChI=1S/C30H36Cl2FN3O5.CH4/c1-5-36(29(39)40-22-9-7-21(33)8-10-22)26-18-35(17-23(26)20-6-11-24(31)25(32)16-20)27(37)19-12-14-34(15-13-19)28(38)41-30(2,3)4;/h6-11,16,19,23,26H,5,12-15,17-18H2,1-4H3;1H4/t23-,26+;/m0./s1. The van der Waals surface area contributed by atoms with E-state index in [-0.39, 0.29) is 37.0 Å². The number of likely N-dealkylation sites (tertiary alicyclic amines) is 2. The molecule has 230 valence electrons. The van der Waals surface area contributed by atoms with Crippen molar-refractivity contribution < 1.29 is 28.2 Å². The Kier molecular flexibility index (Phi) is 11.1. The summed E-state index contributed by atoms with van der Waals surface area (Å²) in [4.78, 5) is 44.5. The lowest BCUT2D eigenvalue weighted by molar-refractivity contribution is -0.136. The molecule has 0 aliphatic carbocycles. The highest BCUT2D eigenvalue weighted by molar-refractivity contribution is 6.42. The number of halogens is 3. The van der Waals surface area contributed by atoms with E-state index in [1.54, 1.807) is 26.8 Å². The summed E-state index contributed by atoms with van der Waals surface area (Å²) in [6, 6.07) is 10.2. The quantitative estimate of drug-likeness (QED) is 0.351. The fourth-order valence-electron chi connectivity index (χ4n) is 5.41. The average molecular weight is 625 g/mol. The van der Waals surface area contributed by atoms with Crippen LogP contribution in [0.4, 0.5) is 14.0 Å².